The third-order valence-corrected chi connectivity index (χ3v) is 2.22. The van der Waals surface area contributed by atoms with Crippen LogP contribution in [0.3, 0.4) is 0 Å². The van der Waals surface area contributed by atoms with E-state index in [2.05, 4.69) is 32.7 Å². The van der Waals surface area contributed by atoms with Crippen LogP contribution >= 0.6 is 0 Å². The van der Waals surface area contributed by atoms with E-state index in [-0.39, 0.29) is 0 Å². The van der Waals surface area contributed by atoms with Crippen molar-refractivity contribution in [1.29, 1.82) is 0 Å². The van der Waals surface area contributed by atoms with E-state index in [1.807, 2.05) is 0 Å². The number of hydrogen-bond donors (Lipinski definition) is 1. The van der Waals surface area contributed by atoms with E-state index >= 15 is 0 Å². The molecule has 0 fully saturated rings. The van der Waals surface area contributed by atoms with Crippen LogP contribution in [0.4, 0.5) is 0 Å². The van der Waals surface area contributed by atoms with Gasteiger partial charge in [-0.3, -0.25) is 0 Å². The van der Waals surface area contributed by atoms with E-state index < -0.39 is 0 Å². The Morgan fingerprint density at radius 3 is 2.58 bits per heavy atom. The summed E-state index contributed by atoms with van der Waals surface area (Å²) in [7, 11) is 0. The minimum absolute atomic E-state index is 0.666. The van der Waals surface area contributed by atoms with Gasteiger partial charge < -0.3 is 5.32 Å². The van der Waals surface area contributed by atoms with E-state index in [1.165, 1.54) is 24.8 Å². The Morgan fingerprint density at radius 2 is 2.08 bits per heavy atom. The first-order chi connectivity index (χ1) is 5.70. The molecule has 0 saturated heterocycles. The molecule has 0 heterocycles. The molecule has 0 aliphatic rings. The maximum absolute atomic E-state index is 4.00. The van der Waals surface area contributed by atoms with E-state index in [1.54, 1.807) is 0 Å². The Bertz CT molecular complexity index is 118. The maximum Gasteiger partial charge on any atom is 0.00387 e. The van der Waals surface area contributed by atoms with Crippen LogP contribution < -0.4 is 5.32 Å². The molecule has 0 aliphatic heterocycles. The topological polar surface area (TPSA) is 12.0 Å². The summed E-state index contributed by atoms with van der Waals surface area (Å²) in [6.45, 7) is 11.7. The first-order valence-electron chi connectivity index (χ1n) is 5.10. The van der Waals surface area contributed by atoms with Gasteiger partial charge in [0.05, 0.1) is 0 Å². The lowest BCUT2D eigenvalue weighted by molar-refractivity contribution is 0.511. The van der Waals surface area contributed by atoms with Gasteiger partial charge in [0.25, 0.3) is 0 Å². The molecule has 0 bridgehead atoms. The molecular formula is C11H23N. The smallest absolute Gasteiger partial charge is 0.00387 e. The first-order valence-corrected chi connectivity index (χ1v) is 5.10. The van der Waals surface area contributed by atoms with Crippen molar-refractivity contribution in [2.75, 3.05) is 6.54 Å². The molecule has 12 heavy (non-hydrogen) atoms. The van der Waals surface area contributed by atoms with E-state index in [0.717, 1.165) is 13.0 Å². The highest BCUT2D eigenvalue weighted by atomic mass is 14.9. The summed E-state index contributed by atoms with van der Waals surface area (Å²) in [5.41, 5.74) is 1.39. The normalized spacial score (nSPS) is 12.9. The van der Waals surface area contributed by atoms with Crippen molar-refractivity contribution in [1.82, 2.24) is 5.32 Å². The molecular weight excluding hydrogens is 146 g/mol. The maximum atomic E-state index is 4.00. The highest BCUT2D eigenvalue weighted by molar-refractivity contribution is 4.92. The Morgan fingerprint density at radius 1 is 1.42 bits per heavy atom. The van der Waals surface area contributed by atoms with Gasteiger partial charge in [0, 0.05) is 6.04 Å². The second-order valence-corrected chi connectivity index (χ2v) is 3.45. The largest absolute Gasteiger partial charge is 0.315 e. The Kier molecular flexibility index (Phi) is 7.17. The number of allylic oxidation sites excluding steroid dienone is 1. The minimum Gasteiger partial charge on any atom is -0.315 e. The standard InChI is InChI=1S/C11H23N/c1-5-10(3)8-7-9-11(4)12-6-2/h11-12H,3,5-9H2,1-2,4H3. The van der Waals surface area contributed by atoms with Gasteiger partial charge in [-0.1, -0.05) is 26.0 Å². The minimum atomic E-state index is 0.666. The highest BCUT2D eigenvalue weighted by Crippen LogP contribution is 2.09. The molecule has 1 heteroatoms. The van der Waals surface area contributed by atoms with Crippen molar-refractivity contribution in [3.63, 3.8) is 0 Å². The molecule has 0 aliphatic carbocycles. The van der Waals surface area contributed by atoms with Crippen LogP contribution in [0.1, 0.15) is 46.5 Å². The van der Waals surface area contributed by atoms with Crippen molar-refractivity contribution in [2.45, 2.75) is 52.5 Å². The summed E-state index contributed by atoms with van der Waals surface area (Å²) >= 11 is 0. The summed E-state index contributed by atoms with van der Waals surface area (Å²) in [5.74, 6) is 0. The third-order valence-electron chi connectivity index (χ3n) is 2.22. The van der Waals surface area contributed by atoms with Crippen LogP contribution in [0, 0.1) is 0 Å². The monoisotopic (exact) mass is 169 g/mol. The van der Waals surface area contributed by atoms with Crippen LogP contribution in [0.5, 0.6) is 0 Å². The van der Waals surface area contributed by atoms with Crippen LogP contribution in [0.25, 0.3) is 0 Å². The zero-order chi connectivity index (χ0) is 9.40. The molecule has 0 rings (SSSR count). The summed E-state index contributed by atoms with van der Waals surface area (Å²) in [6, 6.07) is 0.666. The molecule has 1 unspecified atom stereocenters. The van der Waals surface area contributed by atoms with Crippen molar-refractivity contribution in [2.24, 2.45) is 0 Å². The molecule has 1 atom stereocenters. The molecule has 1 N–H and O–H groups in total. The van der Waals surface area contributed by atoms with Gasteiger partial charge in [-0.2, -0.15) is 0 Å². The van der Waals surface area contributed by atoms with Gasteiger partial charge in [-0.25, -0.2) is 0 Å². The number of rotatable bonds is 7. The first kappa shape index (κ1) is 11.7. The number of nitrogens with one attached hydrogen (secondary N) is 1. The molecule has 0 aromatic rings. The van der Waals surface area contributed by atoms with E-state index in [4.69, 9.17) is 0 Å². The zero-order valence-electron chi connectivity index (χ0n) is 8.82. The van der Waals surface area contributed by atoms with Crippen LogP contribution in [-0.4, -0.2) is 12.6 Å². The molecule has 0 amide bonds. The molecule has 0 aromatic carbocycles. The van der Waals surface area contributed by atoms with Crippen molar-refractivity contribution >= 4 is 0 Å². The van der Waals surface area contributed by atoms with E-state index in [0.29, 0.717) is 6.04 Å². The molecule has 72 valence electrons. The predicted octanol–water partition coefficient (Wildman–Crippen LogP) is 3.12. The lowest BCUT2D eigenvalue weighted by Crippen LogP contribution is -2.25. The second kappa shape index (κ2) is 7.35. The summed E-state index contributed by atoms with van der Waals surface area (Å²) in [6.07, 6.45) is 4.88. The van der Waals surface area contributed by atoms with E-state index in [9.17, 15) is 0 Å². The molecule has 0 aromatic heterocycles. The Hall–Kier alpha value is -0.300. The van der Waals surface area contributed by atoms with Crippen LogP contribution in [0.15, 0.2) is 12.2 Å². The van der Waals surface area contributed by atoms with Crippen molar-refractivity contribution < 1.29 is 0 Å². The summed E-state index contributed by atoms with van der Waals surface area (Å²) < 4.78 is 0. The molecule has 1 nitrogen and oxygen atoms in total. The Labute approximate surface area is 77.2 Å². The second-order valence-electron chi connectivity index (χ2n) is 3.45. The SMILES string of the molecule is C=C(CC)CCCC(C)NCC. The van der Waals surface area contributed by atoms with Gasteiger partial charge in [0.2, 0.25) is 0 Å². The summed E-state index contributed by atoms with van der Waals surface area (Å²) in [5, 5.41) is 3.41. The quantitative estimate of drug-likeness (QED) is 0.577. The molecule has 0 radical (unpaired) electrons. The lowest BCUT2D eigenvalue weighted by atomic mass is 10.1. The van der Waals surface area contributed by atoms with Gasteiger partial charge in [0.15, 0.2) is 0 Å². The fourth-order valence-electron chi connectivity index (χ4n) is 1.29. The highest BCUT2D eigenvalue weighted by Gasteiger charge is 1.99. The summed E-state index contributed by atoms with van der Waals surface area (Å²) in [4.78, 5) is 0. The predicted molar refractivity (Wildman–Crippen MR) is 56.4 cm³/mol. The van der Waals surface area contributed by atoms with Crippen molar-refractivity contribution in [3.05, 3.63) is 12.2 Å². The van der Waals surface area contributed by atoms with Gasteiger partial charge in [0.1, 0.15) is 0 Å². The third kappa shape index (κ3) is 6.41. The lowest BCUT2D eigenvalue weighted by Gasteiger charge is -2.11. The fourth-order valence-corrected chi connectivity index (χ4v) is 1.29. The fraction of sp³-hybridized carbons (Fsp3) is 0.818. The zero-order valence-corrected chi connectivity index (χ0v) is 8.82. The number of hydrogen-bond acceptors (Lipinski definition) is 1. The van der Waals surface area contributed by atoms with Gasteiger partial charge >= 0.3 is 0 Å². The average molecular weight is 169 g/mol. The van der Waals surface area contributed by atoms with Gasteiger partial charge in [-0.05, 0) is 39.2 Å². The van der Waals surface area contributed by atoms with Crippen molar-refractivity contribution in [3.8, 4) is 0 Å². The molecule has 0 saturated carbocycles. The van der Waals surface area contributed by atoms with Crippen LogP contribution in [-0.2, 0) is 0 Å². The van der Waals surface area contributed by atoms with Gasteiger partial charge in [-0.15, -0.1) is 0 Å². The average Bonchev–Trinajstić information content (AvgIpc) is 2.04. The van der Waals surface area contributed by atoms with Crippen LogP contribution in [0.2, 0.25) is 0 Å². The molecule has 0 spiro atoms. The Balaban J connectivity index is 3.24.